The molecule has 6 heteroatoms. The molecule has 0 radical (unpaired) electrons. The summed E-state index contributed by atoms with van der Waals surface area (Å²) < 4.78 is 6.88. The van der Waals surface area contributed by atoms with Crippen molar-refractivity contribution in [2.75, 3.05) is 12.4 Å². The van der Waals surface area contributed by atoms with E-state index < -0.39 is 0 Å². The van der Waals surface area contributed by atoms with Gasteiger partial charge in [-0.15, -0.1) is 10.2 Å². The van der Waals surface area contributed by atoms with Crippen molar-refractivity contribution in [3.8, 4) is 0 Å². The van der Waals surface area contributed by atoms with Crippen molar-refractivity contribution in [3.63, 3.8) is 0 Å². The first-order valence-corrected chi connectivity index (χ1v) is 7.29. The van der Waals surface area contributed by atoms with E-state index in [1.165, 1.54) is 11.8 Å². The largest absolute Gasteiger partial charge is 0.465 e. The van der Waals surface area contributed by atoms with E-state index in [9.17, 15) is 4.79 Å². The molecule has 0 fully saturated rings. The molecule has 0 amide bonds. The molecule has 5 nitrogen and oxygen atoms in total. The van der Waals surface area contributed by atoms with Crippen LogP contribution in [-0.4, -0.2) is 32.9 Å². The first-order chi connectivity index (χ1) is 9.79. The highest BCUT2D eigenvalue weighted by molar-refractivity contribution is 7.99. The fourth-order valence-corrected chi connectivity index (χ4v) is 2.78. The summed E-state index contributed by atoms with van der Waals surface area (Å²) in [4.78, 5) is 11.4. The summed E-state index contributed by atoms with van der Waals surface area (Å²) in [6, 6.07) is 11.9. The van der Waals surface area contributed by atoms with Crippen LogP contribution in [0.4, 0.5) is 0 Å². The summed E-state index contributed by atoms with van der Waals surface area (Å²) in [6.45, 7) is 2.19. The number of para-hydroxylation sites is 1. The van der Waals surface area contributed by atoms with Gasteiger partial charge in [0.15, 0.2) is 10.8 Å². The van der Waals surface area contributed by atoms with Gasteiger partial charge < -0.3 is 4.74 Å². The van der Waals surface area contributed by atoms with Gasteiger partial charge in [-0.1, -0.05) is 30.0 Å². The third kappa shape index (κ3) is 2.34. The Morgan fingerprint density at radius 3 is 2.95 bits per heavy atom. The number of esters is 1. The lowest BCUT2D eigenvalue weighted by Gasteiger charge is -2.04. The molecule has 0 aliphatic carbocycles. The Balaban J connectivity index is 1.99. The van der Waals surface area contributed by atoms with E-state index in [1.54, 1.807) is 6.92 Å². The predicted octanol–water partition coefficient (Wildman–Crippen LogP) is 2.54. The lowest BCUT2D eigenvalue weighted by Crippen LogP contribution is -2.07. The zero-order valence-corrected chi connectivity index (χ0v) is 11.8. The summed E-state index contributed by atoms with van der Waals surface area (Å²) in [7, 11) is 0. The average molecular weight is 287 g/mol. The molecule has 1 aromatic carbocycles. The van der Waals surface area contributed by atoms with Crippen LogP contribution in [0.2, 0.25) is 0 Å². The van der Waals surface area contributed by atoms with Gasteiger partial charge >= 0.3 is 5.97 Å². The third-order valence-electron chi connectivity index (χ3n) is 2.87. The van der Waals surface area contributed by atoms with Gasteiger partial charge in [-0.2, -0.15) is 0 Å². The van der Waals surface area contributed by atoms with Crippen LogP contribution >= 0.6 is 11.8 Å². The molecular weight excluding hydrogens is 274 g/mol. The first-order valence-electron chi connectivity index (χ1n) is 6.31. The minimum atomic E-state index is -0.241. The molecule has 20 heavy (non-hydrogen) atoms. The number of rotatable bonds is 4. The Bertz CT molecular complexity index is 769. The average Bonchev–Trinajstić information content (AvgIpc) is 2.89. The predicted molar refractivity (Wildman–Crippen MR) is 77.9 cm³/mol. The second-order valence-electron chi connectivity index (χ2n) is 4.16. The maximum atomic E-state index is 11.4. The molecule has 0 saturated heterocycles. The molecule has 2 heterocycles. The quantitative estimate of drug-likeness (QED) is 0.545. The van der Waals surface area contributed by atoms with Crippen molar-refractivity contribution in [1.82, 2.24) is 14.6 Å². The van der Waals surface area contributed by atoms with Gasteiger partial charge in [-0.25, -0.2) is 0 Å². The summed E-state index contributed by atoms with van der Waals surface area (Å²) in [5.41, 5.74) is 1.80. The monoisotopic (exact) mass is 287 g/mol. The van der Waals surface area contributed by atoms with Crippen LogP contribution in [0.5, 0.6) is 0 Å². The number of hydrogen-bond acceptors (Lipinski definition) is 5. The number of pyridine rings is 1. The zero-order chi connectivity index (χ0) is 13.9. The van der Waals surface area contributed by atoms with Crippen LogP contribution in [0.25, 0.3) is 16.6 Å². The molecule has 3 aromatic rings. The molecule has 0 saturated carbocycles. The highest BCUT2D eigenvalue weighted by atomic mass is 32.2. The number of ether oxygens (including phenoxy) is 1. The van der Waals surface area contributed by atoms with Crippen molar-refractivity contribution < 1.29 is 9.53 Å². The SMILES string of the molecule is CCOC(=O)CSc1nnc2ccc3ccccc3n12. The van der Waals surface area contributed by atoms with Gasteiger partial charge in [0.25, 0.3) is 0 Å². The normalized spacial score (nSPS) is 11.1. The van der Waals surface area contributed by atoms with E-state index in [-0.39, 0.29) is 11.7 Å². The van der Waals surface area contributed by atoms with Gasteiger partial charge in [-0.3, -0.25) is 9.20 Å². The number of aromatic nitrogens is 3. The van der Waals surface area contributed by atoms with E-state index >= 15 is 0 Å². The fourth-order valence-electron chi connectivity index (χ4n) is 2.03. The number of fused-ring (bicyclic) bond motifs is 3. The van der Waals surface area contributed by atoms with Gasteiger partial charge in [0.1, 0.15) is 0 Å². The molecular formula is C14H13N3O2S. The second-order valence-corrected chi connectivity index (χ2v) is 5.10. The molecule has 0 spiro atoms. The van der Waals surface area contributed by atoms with Crippen LogP contribution in [0.1, 0.15) is 6.92 Å². The van der Waals surface area contributed by atoms with Gasteiger partial charge in [0.2, 0.25) is 0 Å². The molecule has 0 aliphatic heterocycles. The molecule has 0 bridgehead atoms. The maximum Gasteiger partial charge on any atom is 0.316 e. The van der Waals surface area contributed by atoms with Crippen LogP contribution in [-0.2, 0) is 9.53 Å². The van der Waals surface area contributed by atoms with Gasteiger partial charge in [0, 0.05) is 0 Å². The zero-order valence-electron chi connectivity index (χ0n) is 10.9. The Kier molecular flexibility index (Phi) is 3.56. The summed E-state index contributed by atoms with van der Waals surface area (Å²) in [6.07, 6.45) is 0. The highest BCUT2D eigenvalue weighted by Crippen LogP contribution is 2.23. The van der Waals surface area contributed by atoms with Crippen LogP contribution in [0.3, 0.4) is 0 Å². The van der Waals surface area contributed by atoms with Crippen molar-refractivity contribution in [2.45, 2.75) is 12.1 Å². The Hall–Kier alpha value is -2.08. The Morgan fingerprint density at radius 2 is 2.10 bits per heavy atom. The Labute approximate surface area is 119 Å². The van der Waals surface area contributed by atoms with Gasteiger partial charge in [-0.05, 0) is 30.5 Å². The minimum Gasteiger partial charge on any atom is -0.465 e. The summed E-state index contributed by atoms with van der Waals surface area (Å²) in [5, 5.41) is 10.1. The summed E-state index contributed by atoms with van der Waals surface area (Å²) in [5.74, 6) is -0.00723. The standard InChI is InChI=1S/C14H13N3O2S/c1-2-19-13(18)9-20-14-16-15-12-8-7-10-5-3-4-6-11(10)17(12)14/h3-8H,2,9H2,1H3. The summed E-state index contributed by atoms with van der Waals surface area (Å²) >= 11 is 1.33. The number of carbonyl (C=O) groups is 1. The topological polar surface area (TPSA) is 56.5 Å². The first kappa shape index (κ1) is 12.9. The number of carbonyl (C=O) groups excluding carboxylic acids is 1. The molecule has 102 valence electrons. The number of thioether (sulfide) groups is 1. The third-order valence-corrected chi connectivity index (χ3v) is 3.77. The van der Waals surface area contributed by atoms with Crippen molar-refractivity contribution in [1.29, 1.82) is 0 Å². The van der Waals surface area contributed by atoms with Gasteiger partial charge in [0.05, 0.1) is 17.9 Å². The minimum absolute atomic E-state index is 0.234. The molecule has 2 aromatic heterocycles. The van der Waals surface area contributed by atoms with E-state index in [0.29, 0.717) is 11.8 Å². The lowest BCUT2D eigenvalue weighted by molar-refractivity contribution is -0.139. The maximum absolute atomic E-state index is 11.4. The number of hydrogen-bond donors (Lipinski definition) is 0. The van der Waals surface area contributed by atoms with E-state index in [4.69, 9.17) is 4.74 Å². The van der Waals surface area contributed by atoms with Crippen molar-refractivity contribution in [3.05, 3.63) is 36.4 Å². The molecule has 0 unspecified atom stereocenters. The smallest absolute Gasteiger partial charge is 0.316 e. The van der Waals surface area contributed by atoms with Crippen molar-refractivity contribution >= 4 is 34.3 Å². The molecule has 0 aliphatic rings. The molecule has 3 rings (SSSR count). The van der Waals surface area contributed by atoms with E-state index in [2.05, 4.69) is 10.2 Å². The lowest BCUT2D eigenvalue weighted by atomic mass is 10.2. The number of benzene rings is 1. The van der Waals surface area contributed by atoms with Crippen LogP contribution < -0.4 is 0 Å². The van der Waals surface area contributed by atoms with E-state index in [0.717, 1.165) is 16.6 Å². The molecule has 0 atom stereocenters. The van der Waals surface area contributed by atoms with Crippen LogP contribution in [0, 0.1) is 0 Å². The fraction of sp³-hybridized carbons (Fsp3) is 0.214. The Morgan fingerprint density at radius 1 is 1.25 bits per heavy atom. The molecule has 0 N–H and O–H groups in total. The number of nitrogens with zero attached hydrogens (tertiary/aromatic N) is 3. The van der Waals surface area contributed by atoms with E-state index in [1.807, 2.05) is 40.8 Å². The highest BCUT2D eigenvalue weighted by Gasteiger charge is 2.11. The van der Waals surface area contributed by atoms with Crippen LogP contribution in [0.15, 0.2) is 41.6 Å². The second kappa shape index (κ2) is 5.50. The van der Waals surface area contributed by atoms with Crippen molar-refractivity contribution in [2.24, 2.45) is 0 Å².